The van der Waals surface area contributed by atoms with E-state index in [0.29, 0.717) is 11.8 Å². The number of hydrogen-bond donors (Lipinski definition) is 0. The first-order chi connectivity index (χ1) is 9.72. The number of piperidine rings is 1. The number of likely N-dealkylation sites (tertiary alicyclic amines) is 1. The molecular weight excluding hydrogens is 270 g/mol. The van der Waals surface area contributed by atoms with Crippen LogP contribution in [-0.2, 0) is 0 Å². The van der Waals surface area contributed by atoms with Gasteiger partial charge in [0.15, 0.2) is 0 Å². The average molecular weight is 297 g/mol. The summed E-state index contributed by atoms with van der Waals surface area (Å²) in [6, 6.07) is 0. The van der Waals surface area contributed by atoms with E-state index in [0.717, 1.165) is 31.1 Å². The Morgan fingerprint density at radius 2 is 2.15 bits per heavy atom. The highest BCUT2D eigenvalue weighted by Gasteiger charge is 2.30. The van der Waals surface area contributed by atoms with E-state index in [9.17, 15) is 0 Å². The molecule has 0 aromatic carbocycles. The molecule has 1 aliphatic rings. The van der Waals surface area contributed by atoms with Crippen LogP contribution in [0, 0.1) is 5.92 Å². The number of aromatic nitrogens is 2. The van der Waals surface area contributed by atoms with E-state index in [1.165, 1.54) is 44.0 Å². The first kappa shape index (κ1) is 15.7. The van der Waals surface area contributed by atoms with E-state index in [2.05, 4.69) is 34.5 Å². The van der Waals surface area contributed by atoms with Crippen molar-refractivity contribution in [2.24, 2.45) is 5.92 Å². The van der Waals surface area contributed by atoms with Crippen molar-refractivity contribution in [1.82, 2.24) is 13.6 Å². The van der Waals surface area contributed by atoms with Gasteiger partial charge in [-0.2, -0.15) is 4.37 Å². The van der Waals surface area contributed by atoms with Crippen molar-refractivity contribution in [3.8, 4) is 5.88 Å². The van der Waals surface area contributed by atoms with E-state index in [1.54, 1.807) is 0 Å². The zero-order chi connectivity index (χ0) is 14.4. The second kappa shape index (κ2) is 7.93. The molecule has 1 aromatic heterocycles. The highest BCUT2D eigenvalue weighted by atomic mass is 32.1. The van der Waals surface area contributed by atoms with Crippen LogP contribution in [0.3, 0.4) is 0 Å². The third-order valence-electron chi connectivity index (χ3n) is 4.23. The van der Waals surface area contributed by atoms with Crippen molar-refractivity contribution in [3.05, 3.63) is 5.69 Å². The molecule has 0 amide bonds. The lowest BCUT2D eigenvalue weighted by Crippen LogP contribution is -2.35. The van der Waals surface area contributed by atoms with Crippen LogP contribution in [0.4, 0.5) is 0 Å². The van der Waals surface area contributed by atoms with Crippen LogP contribution >= 0.6 is 11.7 Å². The largest absolute Gasteiger partial charge is 0.476 e. The fourth-order valence-electron chi connectivity index (χ4n) is 2.80. The normalized spacial score (nSPS) is 23.9. The van der Waals surface area contributed by atoms with Crippen molar-refractivity contribution < 1.29 is 4.74 Å². The van der Waals surface area contributed by atoms with E-state index in [-0.39, 0.29) is 0 Å². The van der Waals surface area contributed by atoms with Gasteiger partial charge in [0.25, 0.3) is 0 Å². The molecule has 0 radical (unpaired) electrons. The standard InChI is InChI=1S/C15H27N3OS/c1-4-5-6-7-10-19-15-14(16-20-17-15)13-11-18(3)9-8-12(13)2/h12-13H,4-11H2,1-3H3. The number of rotatable bonds is 7. The highest BCUT2D eigenvalue weighted by Crippen LogP contribution is 2.35. The summed E-state index contributed by atoms with van der Waals surface area (Å²) in [5.74, 6) is 1.93. The van der Waals surface area contributed by atoms with Crippen molar-refractivity contribution in [2.45, 2.75) is 51.9 Å². The molecule has 0 aliphatic carbocycles. The van der Waals surface area contributed by atoms with Gasteiger partial charge in [-0.05, 0) is 32.4 Å². The zero-order valence-electron chi connectivity index (χ0n) is 13.0. The van der Waals surface area contributed by atoms with Crippen LogP contribution in [0.15, 0.2) is 0 Å². The summed E-state index contributed by atoms with van der Waals surface area (Å²) < 4.78 is 14.8. The average Bonchev–Trinajstić information content (AvgIpc) is 2.89. The summed E-state index contributed by atoms with van der Waals surface area (Å²) in [5.41, 5.74) is 1.09. The van der Waals surface area contributed by atoms with Gasteiger partial charge in [0.1, 0.15) is 5.69 Å². The molecule has 2 heterocycles. The first-order valence-corrected chi connectivity index (χ1v) is 8.59. The lowest BCUT2D eigenvalue weighted by atomic mass is 9.85. The lowest BCUT2D eigenvalue weighted by Gasteiger charge is -2.33. The molecule has 2 rings (SSSR count). The third-order valence-corrected chi connectivity index (χ3v) is 4.76. The van der Waals surface area contributed by atoms with Gasteiger partial charge in [-0.3, -0.25) is 0 Å². The predicted molar refractivity (Wildman–Crippen MR) is 83.6 cm³/mol. The van der Waals surface area contributed by atoms with E-state index in [1.807, 2.05) is 0 Å². The Morgan fingerprint density at radius 1 is 1.30 bits per heavy atom. The zero-order valence-corrected chi connectivity index (χ0v) is 13.8. The van der Waals surface area contributed by atoms with E-state index >= 15 is 0 Å². The van der Waals surface area contributed by atoms with Gasteiger partial charge < -0.3 is 9.64 Å². The molecule has 20 heavy (non-hydrogen) atoms. The predicted octanol–water partition coefficient (Wildman–Crippen LogP) is 3.55. The second-order valence-electron chi connectivity index (χ2n) is 6.00. The number of unbranched alkanes of at least 4 members (excludes halogenated alkanes) is 3. The first-order valence-electron chi connectivity index (χ1n) is 7.86. The molecule has 0 N–H and O–H groups in total. The monoisotopic (exact) mass is 297 g/mol. The maximum absolute atomic E-state index is 5.88. The van der Waals surface area contributed by atoms with Gasteiger partial charge in [0.05, 0.1) is 18.3 Å². The summed E-state index contributed by atoms with van der Waals surface area (Å²) in [4.78, 5) is 2.38. The number of ether oxygens (including phenoxy) is 1. The topological polar surface area (TPSA) is 38.3 Å². The van der Waals surface area contributed by atoms with Gasteiger partial charge >= 0.3 is 0 Å². The smallest absolute Gasteiger partial charge is 0.249 e. The van der Waals surface area contributed by atoms with Gasteiger partial charge in [-0.1, -0.05) is 33.1 Å². The SMILES string of the molecule is CCCCCCOc1nsnc1C1CN(C)CCC1C. The quantitative estimate of drug-likeness (QED) is 0.721. The van der Waals surface area contributed by atoms with Crippen LogP contribution in [0.5, 0.6) is 5.88 Å². The molecule has 0 spiro atoms. The number of nitrogens with zero attached hydrogens (tertiary/aromatic N) is 3. The molecule has 4 nitrogen and oxygen atoms in total. The fraction of sp³-hybridized carbons (Fsp3) is 0.867. The minimum Gasteiger partial charge on any atom is -0.476 e. The highest BCUT2D eigenvalue weighted by molar-refractivity contribution is 6.99. The Morgan fingerprint density at radius 3 is 2.95 bits per heavy atom. The molecular formula is C15H27N3OS. The summed E-state index contributed by atoms with van der Waals surface area (Å²) >= 11 is 1.29. The van der Waals surface area contributed by atoms with Crippen LogP contribution in [0.1, 0.15) is 57.6 Å². The Kier molecular flexibility index (Phi) is 6.23. The summed E-state index contributed by atoms with van der Waals surface area (Å²) in [6.07, 6.45) is 6.14. The molecule has 1 fully saturated rings. The molecule has 1 aliphatic heterocycles. The number of hydrogen-bond acceptors (Lipinski definition) is 5. The van der Waals surface area contributed by atoms with Crippen molar-refractivity contribution in [2.75, 3.05) is 26.7 Å². The summed E-state index contributed by atoms with van der Waals surface area (Å²) in [6.45, 7) is 7.57. The van der Waals surface area contributed by atoms with E-state index in [4.69, 9.17) is 4.74 Å². The molecule has 2 unspecified atom stereocenters. The fourth-order valence-corrected chi connectivity index (χ4v) is 3.36. The van der Waals surface area contributed by atoms with Crippen LogP contribution in [0.25, 0.3) is 0 Å². The lowest BCUT2D eigenvalue weighted by molar-refractivity contribution is 0.192. The van der Waals surface area contributed by atoms with E-state index < -0.39 is 0 Å². The van der Waals surface area contributed by atoms with Crippen molar-refractivity contribution >= 4 is 11.7 Å². The number of likely N-dealkylation sites (N-methyl/N-ethyl adjacent to an activating group) is 1. The van der Waals surface area contributed by atoms with Gasteiger partial charge in [-0.15, -0.1) is 4.37 Å². The van der Waals surface area contributed by atoms with Gasteiger partial charge in [0.2, 0.25) is 5.88 Å². The molecule has 2 atom stereocenters. The Bertz CT molecular complexity index is 396. The Balaban J connectivity index is 1.90. The molecule has 5 heteroatoms. The molecule has 0 saturated carbocycles. The maximum atomic E-state index is 5.88. The van der Waals surface area contributed by atoms with Crippen molar-refractivity contribution in [3.63, 3.8) is 0 Å². The minimum atomic E-state index is 0.471. The second-order valence-corrected chi connectivity index (χ2v) is 6.53. The molecule has 0 bridgehead atoms. The summed E-state index contributed by atoms with van der Waals surface area (Å²) in [7, 11) is 2.18. The van der Waals surface area contributed by atoms with Crippen LogP contribution in [-0.4, -0.2) is 40.4 Å². The summed E-state index contributed by atoms with van der Waals surface area (Å²) in [5, 5.41) is 0. The molecule has 1 saturated heterocycles. The van der Waals surface area contributed by atoms with Gasteiger partial charge in [-0.25, -0.2) is 0 Å². The molecule has 1 aromatic rings. The van der Waals surface area contributed by atoms with Crippen LogP contribution < -0.4 is 4.74 Å². The third kappa shape index (κ3) is 4.16. The maximum Gasteiger partial charge on any atom is 0.249 e. The van der Waals surface area contributed by atoms with Crippen LogP contribution in [0.2, 0.25) is 0 Å². The van der Waals surface area contributed by atoms with Crippen molar-refractivity contribution in [1.29, 1.82) is 0 Å². The Hall–Kier alpha value is -0.680. The van der Waals surface area contributed by atoms with Gasteiger partial charge in [0, 0.05) is 12.5 Å². The molecule has 114 valence electrons. The minimum absolute atomic E-state index is 0.471. The Labute approximate surface area is 126 Å².